The average Bonchev–Trinajstić information content (AvgIpc) is 2.29. The van der Waals surface area contributed by atoms with Crippen molar-refractivity contribution in [1.29, 1.82) is 0 Å². The number of rotatable bonds is 5. The zero-order chi connectivity index (χ0) is 13.1. The molecular formula is C13H19ClO3. The summed E-state index contributed by atoms with van der Waals surface area (Å²) in [6.45, 7) is 3.45. The Morgan fingerprint density at radius 3 is 2.65 bits per heavy atom. The van der Waals surface area contributed by atoms with E-state index in [0.717, 1.165) is 5.56 Å². The molecule has 0 aliphatic heterocycles. The van der Waals surface area contributed by atoms with Gasteiger partial charge in [0.15, 0.2) is 0 Å². The molecule has 1 aromatic carbocycles. The van der Waals surface area contributed by atoms with Crippen molar-refractivity contribution in [2.45, 2.75) is 38.4 Å². The monoisotopic (exact) mass is 258 g/mol. The Morgan fingerprint density at radius 2 is 2.12 bits per heavy atom. The third kappa shape index (κ3) is 3.60. The highest BCUT2D eigenvalue weighted by Gasteiger charge is 2.29. The Hall–Kier alpha value is -0.770. The number of halogens is 1. The Bertz CT molecular complexity index is 377. The van der Waals surface area contributed by atoms with Crippen molar-refractivity contribution >= 4 is 11.6 Å². The molecule has 0 radical (unpaired) electrons. The van der Waals surface area contributed by atoms with Crippen LogP contribution in [0.2, 0.25) is 5.02 Å². The van der Waals surface area contributed by atoms with Gasteiger partial charge in [-0.2, -0.15) is 0 Å². The Kier molecular flexibility index (Phi) is 4.80. The molecular weight excluding hydrogens is 240 g/mol. The van der Waals surface area contributed by atoms with Gasteiger partial charge in [-0.05, 0) is 37.1 Å². The number of aliphatic hydroxyl groups excluding tert-OH is 1. The van der Waals surface area contributed by atoms with Crippen molar-refractivity contribution in [2.75, 3.05) is 7.11 Å². The first-order valence-corrected chi connectivity index (χ1v) is 6.01. The lowest BCUT2D eigenvalue weighted by Crippen LogP contribution is -2.40. The molecule has 0 aliphatic rings. The van der Waals surface area contributed by atoms with Crippen LogP contribution in [0.1, 0.15) is 25.8 Å². The highest BCUT2D eigenvalue weighted by atomic mass is 35.5. The molecule has 0 bridgehead atoms. The van der Waals surface area contributed by atoms with Gasteiger partial charge in [-0.25, -0.2) is 0 Å². The Labute approximate surface area is 107 Å². The molecule has 2 atom stereocenters. The minimum absolute atomic E-state index is 0.310. The molecule has 2 N–H and O–H groups in total. The third-order valence-electron chi connectivity index (χ3n) is 3.09. The molecule has 0 aliphatic carbocycles. The summed E-state index contributed by atoms with van der Waals surface area (Å²) < 4.78 is 5.20. The van der Waals surface area contributed by atoms with Gasteiger partial charge in [0.25, 0.3) is 0 Å². The van der Waals surface area contributed by atoms with Crippen LogP contribution in [0.4, 0.5) is 0 Å². The fraction of sp³-hybridized carbons (Fsp3) is 0.538. The molecule has 4 heteroatoms. The molecule has 1 aromatic rings. The lowest BCUT2D eigenvalue weighted by atomic mass is 9.91. The van der Waals surface area contributed by atoms with Gasteiger partial charge in [0.2, 0.25) is 0 Å². The molecule has 0 amide bonds. The van der Waals surface area contributed by atoms with Crippen LogP contribution in [0.5, 0.6) is 5.75 Å². The van der Waals surface area contributed by atoms with Gasteiger partial charge in [0.05, 0.1) is 18.8 Å². The van der Waals surface area contributed by atoms with Crippen molar-refractivity contribution < 1.29 is 14.9 Å². The highest BCUT2D eigenvalue weighted by Crippen LogP contribution is 2.26. The van der Waals surface area contributed by atoms with Gasteiger partial charge in [0, 0.05) is 11.4 Å². The van der Waals surface area contributed by atoms with Crippen LogP contribution < -0.4 is 4.74 Å². The summed E-state index contributed by atoms with van der Waals surface area (Å²) in [5, 5.41) is 20.5. The minimum atomic E-state index is -1.10. The van der Waals surface area contributed by atoms with E-state index in [1.54, 1.807) is 32.2 Å². The fourth-order valence-corrected chi connectivity index (χ4v) is 1.77. The zero-order valence-corrected chi connectivity index (χ0v) is 11.2. The van der Waals surface area contributed by atoms with Crippen molar-refractivity contribution in [2.24, 2.45) is 0 Å². The largest absolute Gasteiger partial charge is 0.496 e. The quantitative estimate of drug-likeness (QED) is 0.853. The van der Waals surface area contributed by atoms with Crippen LogP contribution in [-0.4, -0.2) is 29.0 Å². The second kappa shape index (κ2) is 5.71. The molecule has 3 nitrogen and oxygen atoms in total. The molecule has 96 valence electrons. The number of benzene rings is 1. The van der Waals surface area contributed by atoms with Crippen molar-refractivity contribution in [1.82, 2.24) is 0 Å². The number of aliphatic hydroxyl groups is 2. The van der Waals surface area contributed by atoms with E-state index in [9.17, 15) is 10.2 Å². The van der Waals surface area contributed by atoms with Crippen LogP contribution in [0.15, 0.2) is 18.2 Å². The summed E-state index contributed by atoms with van der Waals surface area (Å²) in [5.74, 6) is 0.667. The van der Waals surface area contributed by atoms with Gasteiger partial charge in [-0.3, -0.25) is 0 Å². The summed E-state index contributed by atoms with van der Waals surface area (Å²) in [4.78, 5) is 0. The van der Waals surface area contributed by atoms with Crippen LogP contribution in [0.25, 0.3) is 0 Å². The maximum Gasteiger partial charge on any atom is 0.122 e. The zero-order valence-electron chi connectivity index (χ0n) is 10.4. The average molecular weight is 259 g/mol. The van der Waals surface area contributed by atoms with Crippen LogP contribution in [0.3, 0.4) is 0 Å². The molecule has 0 aromatic heterocycles. The first-order chi connectivity index (χ1) is 7.90. The van der Waals surface area contributed by atoms with E-state index in [1.165, 1.54) is 0 Å². The number of hydrogen-bond acceptors (Lipinski definition) is 3. The number of hydrogen-bond donors (Lipinski definition) is 2. The van der Waals surface area contributed by atoms with Crippen LogP contribution >= 0.6 is 11.6 Å². The molecule has 1 rings (SSSR count). The predicted octanol–water partition coefficient (Wildman–Crippen LogP) is 2.41. The molecule has 2 unspecified atom stereocenters. The molecule has 0 saturated heterocycles. The Morgan fingerprint density at radius 1 is 1.47 bits per heavy atom. The third-order valence-corrected chi connectivity index (χ3v) is 3.32. The maximum atomic E-state index is 9.99. The second-order valence-corrected chi connectivity index (χ2v) is 4.82. The number of ether oxygens (including phenoxy) is 1. The first kappa shape index (κ1) is 14.3. The molecule has 0 spiro atoms. The smallest absolute Gasteiger partial charge is 0.122 e. The van der Waals surface area contributed by atoms with Gasteiger partial charge in [-0.1, -0.05) is 18.5 Å². The van der Waals surface area contributed by atoms with E-state index in [0.29, 0.717) is 23.6 Å². The highest BCUT2D eigenvalue weighted by molar-refractivity contribution is 6.30. The molecule has 0 fully saturated rings. The molecule has 0 heterocycles. The van der Waals surface area contributed by atoms with Crippen molar-refractivity contribution in [3.05, 3.63) is 28.8 Å². The predicted molar refractivity (Wildman–Crippen MR) is 68.6 cm³/mol. The summed E-state index contributed by atoms with van der Waals surface area (Å²) in [5.41, 5.74) is -0.311. The van der Waals surface area contributed by atoms with Gasteiger partial charge in [0.1, 0.15) is 5.75 Å². The van der Waals surface area contributed by atoms with E-state index < -0.39 is 11.7 Å². The van der Waals surface area contributed by atoms with Crippen LogP contribution in [-0.2, 0) is 6.42 Å². The summed E-state index contributed by atoms with van der Waals surface area (Å²) in [6, 6.07) is 5.23. The summed E-state index contributed by atoms with van der Waals surface area (Å²) in [6.07, 6.45) is -0.0541. The van der Waals surface area contributed by atoms with E-state index in [-0.39, 0.29) is 0 Å². The lowest BCUT2D eigenvalue weighted by molar-refractivity contribution is -0.0631. The van der Waals surface area contributed by atoms with Gasteiger partial charge < -0.3 is 14.9 Å². The summed E-state index contributed by atoms with van der Waals surface area (Å²) in [7, 11) is 1.57. The standard InChI is InChI=1S/C13H19ClO3/c1-4-13(2,16)12(15)8-9-7-10(14)5-6-11(9)17-3/h5-7,12,15-16H,4,8H2,1-3H3. The molecule has 17 heavy (non-hydrogen) atoms. The first-order valence-electron chi connectivity index (χ1n) is 5.63. The molecule has 0 saturated carbocycles. The van der Waals surface area contributed by atoms with E-state index in [2.05, 4.69) is 0 Å². The summed E-state index contributed by atoms with van der Waals surface area (Å²) >= 11 is 5.91. The topological polar surface area (TPSA) is 49.7 Å². The van der Waals surface area contributed by atoms with E-state index in [4.69, 9.17) is 16.3 Å². The normalized spacial score (nSPS) is 16.4. The fourth-order valence-electron chi connectivity index (χ4n) is 1.57. The minimum Gasteiger partial charge on any atom is -0.496 e. The van der Waals surface area contributed by atoms with E-state index >= 15 is 0 Å². The second-order valence-electron chi connectivity index (χ2n) is 4.39. The maximum absolute atomic E-state index is 9.99. The lowest BCUT2D eigenvalue weighted by Gasteiger charge is -2.28. The Balaban J connectivity index is 2.91. The van der Waals surface area contributed by atoms with Gasteiger partial charge in [-0.15, -0.1) is 0 Å². The van der Waals surface area contributed by atoms with Crippen molar-refractivity contribution in [3.8, 4) is 5.75 Å². The van der Waals surface area contributed by atoms with Crippen LogP contribution in [0, 0.1) is 0 Å². The van der Waals surface area contributed by atoms with E-state index in [1.807, 2.05) is 6.92 Å². The SMILES string of the molecule is CCC(C)(O)C(O)Cc1cc(Cl)ccc1OC. The van der Waals surface area contributed by atoms with Crippen molar-refractivity contribution in [3.63, 3.8) is 0 Å². The van der Waals surface area contributed by atoms with Gasteiger partial charge >= 0.3 is 0 Å². The number of methoxy groups -OCH3 is 1.